The van der Waals surface area contributed by atoms with Crippen molar-refractivity contribution in [3.05, 3.63) is 83.4 Å². The number of benzene rings is 3. The van der Waals surface area contributed by atoms with Crippen LogP contribution < -0.4 is 14.4 Å². The molecule has 0 heterocycles. The van der Waals surface area contributed by atoms with Gasteiger partial charge < -0.3 is 10.1 Å². The standard InChI is InChI=1S/C24H26N2O4S/c1-5-30-21-8-6-7-20(16-21)25-24(27)19-12-11-18(3)23(15-19)26(4)31(28,29)22-13-9-17(2)10-14-22/h6-16H,5H2,1-4H3,(H,25,27). The Morgan fingerprint density at radius 2 is 1.71 bits per heavy atom. The van der Waals surface area contributed by atoms with Gasteiger partial charge in [0, 0.05) is 24.4 Å². The van der Waals surface area contributed by atoms with Crippen LogP contribution in [0.3, 0.4) is 0 Å². The summed E-state index contributed by atoms with van der Waals surface area (Å²) in [5.74, 6) is 0.324. The summed E-state index contributed by atoms with van der Waals surface area (Å²) in [6.07, 6.45) is 0. The van der Waals surface area contributed by atoms with E-state index in [1.807, 2.05) is 26.8 Å². The number of nitrogens with zero attached hydrogens (tertiary/aromatic N) is 1. The summed E-state index contributed by atoms with van der Waals surface area (Å²) in [5, 5.41) is 2.83. The SMILES string of the molecule is CCOc1cccc(NC(=O)c2ccc(C)c(N(C)S(=O)(=O)c3ccc(C)cc3)c2)c1. The molecule has 0 bridgehead atoms. The Hall–Kier alpha value is -3.32. The molecule has 0 aromatic heterocycles. The predicted molar refractivity (Wildman–Crippen MR) is 124 cm³/mol. The van der Waals surface area contributed by atoms with Crippen molar-refractivity contribution in [1.82, 2.24) is 0 Å². The predicted octanol–water partition coefficient (Wildman–Crippen LogP) is 4.78. The minimum Gasteiger partial charge on any atom is -0.494 e. The molecule has 3 aromatic carbocycles. The molecule has 0 saturated heterocycles. The summed E-state index contributed by atoms with van der Waals surface area (Å²) < 4.78 is 32.8. The Kier molecular flexibility index (Phi) is 6.65. The van der Waals surface area contributed by atoms with Crippen molar-refractivity contribution < 1.29 is 17.9 Å². The number of hydrogen-bond donors (Lipinski definition) is 1. The molecule has 162 valence electrons. The summed E-state index contributed by atoms with van der Waals surface area (Å²) in [6, 6.07) is 18.8. The van der Waals surface area contributed by atoms with Crippen molar-refractivity contribution in [2.75, 3.05) is 23.3 Å². The first-order chi connectivity index (χ1) is 14.7. The Bertz CT molecular complexity index is 1190. The first-order valence-corrected chi connectivity index (χ1v) is 11.4. The Labute approximate surface area is 183 Å². The first kappa shape index (κ1) is 22.4. The van der Waals surface area contributed by atoms with E-state index < -0.39 is 10.0 Å². The molecule has 31 heavy (non-hydrogen) atoms. The van der Waals surface area contributed by atoms with E-state index in [2.05, 4.69) is 5.32 Å². The highest BCUT2D eigenvalue weighted by Crippen LogP contribution is 2.27. The fraction of sp³-hybridized carbons (Fsp3) is 0.208. The topological polar surface area (TPSA) is 75.7 Å². The van der Waals surface area contributed by atoms with Crippen LogP contribution in [-0.2, 0) is 10.0 Å². The highest BCUT2D eigenvalue weighted by Gasteiger charge is 2.23. The Morgan fingerprint density at radius 1 is 1.00 bits per heavy atom. The van der Waals surface area contributed by atoms with Gasteiger partial charge in [-0.15, -0.1) is 0 Å². The fourth-order valence-corrected chi connectivity index (χ4v) is 4.37. The minimum atomic E-state index is -3.76. The molecule has 7 heteroatoms. The quantitative estimate of drug-likeness (QED) is 0.576. The zero-order valence-corrected chi connectivity index (χ0v) is 18.9. The van der Waals surface area contributed by atoms with Crippen molar-refractivity contribution in [2.24, 2.45) is 0 Å². The molecule has 0 aliphatic carbocycles. The second-order valence-electron chi connectivity index (χ2n) is 7.20. The molecule has 0 fully saturated rings. The van der Waals surface area contributed by atoms with Crippen LogP contribution in [0.1, 0.15) is 28.4 Å². The van der Waals surface area contributed by atoms with Crippen LogP contribution in [0, 0.1) is 13.8 Å². The number of amides is 1. The van der Waals surface area contributed by atoms with E-state index >= 15 is 0 Å². The number of anilines is 2. The maximum absolute atomic E-state index is 13.1. The number of aryl methyl sites for hydroxylation is 2. The van der Waals surface area contributed by atoms with Gasteiger partial charge in [0.2, 0.25) is 0 Å². The van der Waals surface area contributed by atoms with Crippen LogP contribution in [0.15, 0.2) is 71.6 Å². The number of nitrogens with one attached hydrogen (secondary N) is 1. The monoisotopic (exact) mass is 438 g/mol. The third-order valence-corrected chi connectivity index (χ3v) is 6.68. The van der Waals surface area contributed by atoms with E-state index in [0.717, 1.165) is 11.1 Å². The third-order valence-electron chi connectivity index (χ3n) is 4.89. The van der Waals surface area contributed by atoms with Crippen LogP contribution >= 0.6 is 0 Å². The molecule has 0 unspecified atom stereocenters. The maximum atomic E-state index is 13.1. The molecule has 0 radical (unpaired) electrons. The van der Waals surface area contributed by atoms with Crippen LogP contribution in [-0.4, -0.2) is 28.0 Å². The molecule has 1 N–H and O–H groups in total. The average molecular weight is 439 g/mol. The second-order valence-corrected chi connectivity index (χ2v) is 9.17. The van der Waals surface area contributed by atoms with E-state index in [4.69, 9.17) is 4.74 Å². The van der Waals surface area contributed by atoms with E-state index in [1.54, 1.807) is 60.7 Å². The van der Waals surface area contributed by atoms with Crippen molar-refractivity contribution in [2.45, 2.75) is 25.7 Å². The summed E-state index contributed by atoms with van der Waals surface area (Å²) in [4.78, 5) is 13.0. The number of carbonyl (C=O) groups excluding carboxylic acids is 1. The summed E-state index contributed by atoms with van der Waals surface area (Å²) >= 11 is 0. The maximum Gasteiger partial charge on any atom is 0.264 e. The van der Waals surface area contributed by atoms with E-state index in [0.29, 0.717) is 29.3 Å². The molecule has 3 rings (SSSR count). The lowest BCUT2D eigenvalue weighted by atomic mass is 10.1. The molecule has 0 aliphatic heterocycles. The van der Waals surface area contributed by atoms with E-state index in [-0.39, 0.29) is 10.8 Å². The van der Waals surface area contributed by atoms with Gasteiger partial charge in [0.1, 0.15) is 5.75 Å². The van der Waals surface area contributed by atoms with Crippen molar-refractivity contribution >= 4 is 27.3 Å². The average Bonchev–Trinajstić information content (AvgIpc) is 2.74. The molecule has 0 saturated carbocycles. The zero-order valence-electron chi connectivity index (χ0n) is 18.0. The molecular weight excluding hydrogens is 412 g/mol. The van der Waals surface area contributed by atoms with E-state index in [9.17, 15) is 13.2 Å². The van der Waals surface area contributed by atoms with Crippen molar-refractivity contribution in [1.29, 1.82) is 0 Å². The van der Waals surface area contributed by atoms with Crippen LogP contribution in [0.5, 0.6) is 5.75 Å². The first-order valence-electron chi connectivity index (χ1n) is 9.93. The summed E-state index contributed by atoms with van der Waals surface area (Å²) in [7, 11) is -2.27. The molecular formula is C24H26N2O4S. The number of sulfonamides is 1. The van der Waals surface area contributed by atoms with Crippen LogP contribution in [0.25, 0.3) is 0 Å². The van der Waals surface area contributed by atoms with Crippen LogP contribution in [0.4, 0.5) is 11.4 Å². The number of ether oxygens (including phenoxy) is 1. The second kappa shape index (κ2) is 9.22. The van der Waals surface area contributed by atoms with Gasteiger partial charge in [-0.2, -0.15) is 0 Å². The van der Waals surface area contributed by atoms with Crippen LogP contribution in [0.2, 0.25) is 0 Å². The lowest BCUT2D eigenvalue weighted by Crippen LogP contribution is -2.27. The molecule has 1 amide bonds. The minimum absolute atomic E-state index is 0.197. The Morgan fingerprint density at radius 3 is 2.39 bits per heavy atom. The highest BCUT2D eigenvalue weighted by molar-refractivity contribution is 7.92. The third kappa shape index (κ3) is 5.06. The highest BCUT2D eigenvalue weighted by atomic mass is 32.2. The van der Waals surface area contributed by atoms with Crippen molar-refractivity contribution in [3.8, 4) is 5.75 Å². The van der Waals surface area contributed by atoms with Crippen molar-refractivity contribution in [3.63, 3.8) is 0 Å². The van der Waals surface area contributed by atoms with Gasteiger partial charge in [-0.3, -0.25) is 9.10 Å². The molecule has 0 atom stereocenters. The Balaban J connectivity index is 1.88. The van der Waals surface area contributed by atoms with Gasteiger partial charge in [-0.05, 0) is 62.7 Å². The van der Waals surface area contributed by atoms with Gasteiger partial charge in [0.15, 0.2) is 0 Å². The molecule has 0 aliphatic rings. The van der Waals surface area contributed by atoms with E-state index in [1.165, 1.54) is 11.4 Å². The van der Waals surface area contributed by atoms with Gasteiger partial charge in [-0.1, -0.05) is 29.8 Å². The summed E-state index contributed by atoms with van der Waals surface area (Å²) in [6.45, 7) is 6.13. The van der Waals surface area contributed by atoms with Gasteiger partial charge >= 0.3 is 0 Å². The molecule has 6 nitrogen and oxygen atoms in total. The van der Waals surface area contributed by atoms with Gasteiger partial charge in [0.05, 0.1) is 17.2 Å². The lowest BCUT2D eigenvalue weighted by molar-refractivity contribution is 0.102. The number of rotatable bonds is 7. The lowest BCUT2D eigenvalue weighted by Gasteiger charge is -2.22. The zero-order chi connectivity index (χ0) is 22.6. The number of carbonyl (C=O) groups is 1. The largest absolute Gasteiger partial charge is 0.494 e. The smallest absolute Gasteiger partial charge is 0.264 e. The van der Waals surface area contributed by atoms with Gasteiger partial charge in [-0.25, -0.2) is 8.42 Å². The molecule has 0 spiro atoms. The van der Waals surface area contributed by atoms with Gasteiger partial charge in [0.25, 0.3) is 15.9 Å². The summed E-state index contributed by atoms with van der Waals surface area (Å²) in [5.41, 5.74) is 3.11. The number of hydrogen-bond acceptors (Lipinski definition) is 4. The fourth-order valence-electron chi connectivity index (χ4n) is 3.12. The normalized spacial score (nSPS) is 11.1. The molecule has 3 aromatic rings.